The third-order valence-electron chi connectivity index (χ3n) is 2.66. The molecule has 3 aliphatic rings. The van der Waals surface area contributed by atoms with Gasteiger partial charge < -0.3 is 5.32 Å². The van der Waals surface area contributed by atoms with Crippen molar-refractivity contribution in [3.8, 4) is 0 Å². The smallest absolute Gasteiger partial charge is 0.0527 e. The van der Waals surface area contributed by atoms with Crippen LogP contribution in [0.2, 0.25) is 0 Å². The average molecular weight is 192 g/mol. The second-order valence-electron chi connectivity index (χ2n) is 3.49. The molecule has 0 aliphatic carbocycles. The van der Waals surface area contributed by atoms with Gasteiger partial charge in [-0.2, -0.15) is 0 Å². The van der Waals surface area contributed by atoms with Gasteiger partial charge in [0.05, 0.1) is 5.37 Å². The number of allylic oxidation sites excluding steroid dienone is 2. The summed E-state index contributed by atoms with van der Waals surface area (Å²) in [5.41, 5.74) is 1.33. The van der Waals surface area contributed by atoms with Crippen LogP contribution in [0.3, 0.4) is 0 Å². The Balaban J connectivity index is 1.98. The Morgan fingerprint density at radius 2 is 2.54 bits per heavy atom. The van der Waals surface area contributed by atoms with Crippen LogP contribution in [-0.2, 0) is 0 Å². The van der Waals surface area contributed by atoms with Crippen LogP contribution in [0.4, 0.5) is 0 Å². The molecule has 1 saturated heterocycles. The molecule has 13 heavy (non-hydrogen) atoms. The lowest BCUT2D eigenvalue weighted by atomic mass is 10.2. The zero-order valence-electron chi connectivity index (χ0n) is 7.36. The number of hydrogen-bond donors (Lipinski definition) is 1. The number of nitrogens with one attached hydrogen (secondary N) is 1. The van der Waals surface area contributed by atoms with Crippen molar-refractivity contribution in [1.82, 2.24) is 5.32 Å². The Kier molecular flexibility index (Phi) is 1.73. The quantitative estimate of drug-likeness (QED) is 0.627. The molecule has 1 N–H and O–H groups in total. The fraction of sp³-hybridized carbons (Fsp3) is 0.400. The lowest BCUT2D eigenvalue weighted by Crippen LogP contribution is -2.19. The molecule has 0 radical (unpaired) electrons. The number of nitrogens with zero attached hydrogens (tertiary/aromatic N) is 1. The van der Waals surface area contributed by atoms with E-state index in [2.05, 4.69) is 21.8 Å². The molecule has 68 valence electrons. The summed E-state index contributed by atoms with van der Waals surface area (Å²) >= 11 is 0. The van der Waals surface area contributed by atoms with Crippen LogP contribution in [0.5, 0.6) is 0 Å². The van der Waals surface area contributed by atoms with Gasteiger partial charge in [0.15, 0.2) is 0 Å². The molecule has 0 aromatic carbocycles. The molecule has 3 rings (SSSR count). The summed E-state index contributed by atoms with van der Waals surface area (Å²) in [6, 6.07) is 0. The normalized spacial score (nSPS) is 35.7. The Labute approximate surface area is 80.4 Å². The summed E-state index contributed by atoms with van der Waals surface area (Å²) in [5, 5.41) is 6.59. The molecular weight excluding hydrogens is 180 g/mol. The van der Waals surface area contributed by atoms with Gasteiger partial charge in [0, 0.05) is 22.9 Å². The van der Waals surface area contributed by atoms with Crippen LogP contribution >= 0.6 is 10.5 Å². The van der Waals surface area contributed by atoms with E-state index in [1.165, 1.54) is 29.8 Å². The van der Waals surface area contributed by atoms with E-state index in [1.807, 2.05) is 12.4 Å². The summed E-state index contributed by atoms with van der Waals surface area (Å²) < 4.78 is 0. The third-order valence-corrected chi connectivity index (χ3v) is 4.95. The van der Waals surface area contributed by atoms with E-state index in [1.54, 1.807) is 0 Å². The molecule has 3 heteroatoms. The maximum Gasteiger partial charge on any atom is 0.0527 e. The minimum absolute atomic E-state index is 0.299. The van der Waals surface area contributed by atoms with Crippen LogP contribution in [0.15, 0.2) is 28.2 Å². The second-order valence-corrected chi connectivity index (χ2v) is 5.51. The first kappa shape index (κ1) is 7.71. The summed E-state index contributed by atoms with van der Waals surface area (Å²) in [6.45, 7) is 1.19. The number of aliphatic imine (C=N–C) groups is 1. The highest BCUT2D eigenvalue weighted by Crippen LogP contribution is 2.36. The molecule has 2 unspecified atom stereocenters. The van der Waals surface area contributed by atoms with Crippen molar-refractivity contribution in [2.45, 2.75) is 18.2 Å². The highest BCUT2D eigenvalue weighted by atomic mass is 32.2. The number of rotatable bonds is 1. The fourth-order valence-electron chi connectivity index (χ4n) is 1.98. The molecule has 3 aliphatic heterocycles. The van der Waals surface area contributed by atoms with Crippen LogP contribution in [0.25, 0.3) is 0 Å². The van der Waals surface area contributed by atoms with Crippen molar-refractivity contribution < 1.29 is 0 Å². The Bertz CT molecular complexity index is 357. The predicted molar refractivity (Wildman–Crippen MR) is 59.3 cm³/mol. The first-order valence-electron chi connectivity index (χ1n) is 4.69. The molecule has 2 atom stereocenters. The zero-order chi connectivity index (χ0) is 8.67. The standard InChI is InChI=1S/C10H12N2S/c1-2-10(12-4-1)13-5-3-8-6-11-7-9(8)13/h3,5-7,10,12H,1-2,4H2. The molecule has 0 bridgehead atoms. The van der Waals surface area contributed by atoms with Gasteiger partial charge in [-0.25, -0.2) is 0 Å². The van der Waals surface area contributed by atoms with Crippen molar-refractivity contribution in [2.75, 3.05) is 6.54 Å². The Morgan fingerprint density at radius 3 is 3.38 bits per heavy atom. The second kappa shape index (κ2) is 2.93. The maximum atomic E-state index is 4.19. The SMILES string of the molecule is C1=CS(C2CCCN2)=C2C=NC=C12. The first-order valence-corrected chi connectivity index (χ1v) is 6.04. The van der Waals surface area contributed by atoms with Crippen LogP contribution in [0.1, 0.15) is 12.8 Å². The van der Waals surface area contributed by atoms with Gasteiger partial charge >= 0.3 is 0 Å². The van der Waals surface area contributed by atoms with E-state index in [4.69, 9.17) is 0 Å². The molecule has 2 nitrogen and oxygen atoms in total. The summed E-state index contributed by atoms with van der Waals surface area (Å²) in [5.74, 6) is 0. The van der Waals surface area contributed by atoms with Crippen molar-refractivity contribution in [3.05, 3.63) is 23.3 Å². The molecule has 0 aromatic heterocycles. The molecule has 0 saturated carbocycles. The van der Waals surface area contributed by atoms with Crippen molar-refractivity contribution in [2.24, 2.45) is 4.99 Å². The largest absolute Gasteiger partial charge is 0.305 e. The van der Waals surface area contributed by atoms with Gasteiger partial charge in [-0.3, -0.25) is 4.99 Å². The molecular formula is C10H12N2S. The van der Waals surface area contributed by atoms with Crippen LogP contribution < -0.4 is 5.32 Å². The Morgan fingerprint density at radius 1 is 1.54 bits per heavy atom. The number of hydrogen-bond acceptors (Lipinski definition) is 2. The molecule has 0 amide bonds. The summed E-state index contributed by atoms with van der Waals surface area (Å²) in [4.78, 5) is 5.64. The zero-order valence-corrected chi connectivity index (χ0v) is 8.18. The first-order chi connectivity index (χ1) is 6.45. The highest BCUT2D eigenvalue weighted by Gasteiger charge is 2.23. The van der Waals surface area contributed by atoms with E-state index in [9.17, 15) is 0 Å². The van der Waals surface area contributed by atoms with Crippen LogP contribution in [0, 0.1) is 0 Å². The van der Waals surface area contributed by atoms with Crippen molar-refractivity contribution in [1.29, 1.82) is 0 Å². The molecule has 1 fully saturated rings. The van der Waals surface area contributed by atoms with Gasteiger partial charge in [-0.05, 0) is 30.9 Å². The van der Waals surface area contributed by atoms with Gasteiger partial charge in [-0.15, -0.1) is 10.5 Å². The highest BCUT2D eigenvalue weighted by molar-refractivity contribution is 8.20. The van der Waals surface area contributed by atoms with Crippen molar-refractivity contribution >= 4 is 21.6 Å². The maximum absolute atomic E-state index is 4.19. The minimum atomic E-state index is 0.299. The van der Waals surface area contributed by atoms with E-state index >= 15 is 0 Å². The summed E-state index contributed by atoms with van der Waals surface area (Å²) in [7, 11) is 0.299. The minimum Gasteiger partial charge on any atom is -0.305 e. The van der Waals surface area contributed by atoms with E-state index in [0.29, 0.717) is 15.9 Å². The lowest BCUT2D eigenvalue weighted by Gasteiger charge is -2.12. The van der Waals surface area contributed by atoms with Crippen molar-refractivity contribution in [3.63, 3.8) is 0 Å². The van der Waals surface area contributed by atoms with Crippen LogP contribution in [-0.4, -0.2) is 23.0 Å². The molecule has 0 spiro atoms. The van der Waals surface area contributed by atoms with Gasteiger partial charge in [0.1, 0.15) is 0 Å². The fourth-order valence-corrected chi connectivity index (χ4v) is 4.21. The monoisotopic (exact) mass is 192 g/mol. The van der Waals surface area contributed by atoms with Gasteiger partial charge in [0.2, 0.25) is 0 Å². The topological polar surface area (TPSA) is 24.4 Å². The molecule has 0 aromatic rings. The molecule has 3 heterocycles. The van der Waals surface area contributed by atoms with E-state index in [-0.39, 0.29) is 0 Å². The third kappa shape index (κ3) is 1.15. The van der Waals surface area contributed by atoms with E-state index < -0.39 is 0 Å². The number of fused-ring (bicyclic) bond motifs is 1. The lowest BCUT2D eigenvalue weighted by molar-refractivity contribution is 0.808. The van der Waals surface area contributed by atoms with Gasteiger partial charge in [0.25, 0.3) is 0 Å². The predicted octanol–water partition coefficient (Wildman–Crippen LogP) is 1.63. The van der Waals surface area contributed by atoms with Gasteiger partial charge in [-0.1, -0.05) is 0 Å². The summed E-state index contributed by atoms with van der Waals surface area (Å²) in [6.07, 6.45) is 8.85. The average Bonchev–Trinajstić information content (AvgIpc) is 2.79. The Hall–Kier alpha value is -0.670. The van der Waals surface area contributed by atoms with E-state index in [0.717, 1.165) is 0 Å².